The molecule has 1 heterocycles. The average molecular weight is 380 g/mol. The van der Waals surface area contributed by atoms with Gasteiger partial charge < -0.3 is 24.8 Å². The van der Waals surface area contributed by atoms with E-state index in [0.717, 1.165) is 6.42 Å². The first-order valence-corrected chi connectivity index (χ1v) is 11.1. The van der Waals surface area contributed by atoms with Crippen LogP contribution in [0.25, 0.3) is 0 Å². The van der Waals surface area contributed by atoms with Crippen LogP contribution < -0.4 is 29.3 Å². The second-order valence-electron chi connectivity index (χ2n) is 6.54. The van der Waals surface area contributed by atoms with E-state index in [0.29, 0.717) is 0 Å². The van der Waals surface area contributed by atoms with Crippen LogP contribution in [-0.4, -0.2) is 8.07 Å². The Morgan fingerprint density at radius 2 is 1.80 bits per heavy atom. The molecule has 0 aliphatic heterocycles. The summed E-state index contributed by atoms with van der Waals surface area (Å²) in [7, 11) is -1.50. The molecule has 1 aromatic rings. The molecule has 5 heteroatoms. The van der Waals surface area contributed by atoms with Crippen molar-refractivity contribution in [2.75, 3.05) is 0 Å². The van der Waals surface area contributed by atoms with E-state index in [1.165, 1.54) is 0 Å². The Hall–Kier alpha value is 0.691. The van der Waals surface area contributed by atoms with Gasteiger partial charge >= 0.3 is 128 Å². The second kappa shape index (κ2) is 7.30. The van der Waals surface area contributed by atoms with Crippen molar-refractivity contribution in [3.8, 4) is 0 Å². The van der Waals surface area contributed by atoms with Gasteiger partial charge in [0.05, 0.1) is 0 Å². The predicted octanol–water partition coefficient (Wildman–Crippen LogP) is -1.73. The topological polar surface area (TPSA) is 0 Å². The molecule has 1 aliphatic rings. The van der Waals surface area contributed by atoms with E-state index in [4.69, 9.17) is 0 Å². The second-order valence-corrected chi connectivity index (χ2v) is 13.0. The third-order valence-electron chi connectivity index (χ3n) is 3.65. The Morgan fingerprint density at radius 1 is 1.20 bits per heavy atom. The number of hydrogen-bond acceptors (Lipinski definition) is 1. The molecule has 20 heavy (non-hydrogen) atoms. The normalized spacial score (nSPS) is 15.2. The van der Waals surface area contributed by atoms with Gasteiger partial charge in [-0.25, -0.2) is 0 Å². The minimum Gasteiger partial charge on any atom is -1.00 e. The predicted molar refractivity (Wildman–Crippen MR) is 80.9 cm³/mol. The third kappa shape index (κ3) is 3.91. The molecule has 1 aromatic heterocycles. The minimum atomic E-state index is -1.50. The molecule has 0 spiro atoms. The largest absolute Gasteiger partial charge is 1.00 e. The molecule has 0 bridgehead atoms. The fourth-order valence-corrected chi connectivity index (χ4v) is 9.70. The summed E-state index contributed by atoms with van der Waals surface area (Å²) >= 11 is 4.27. The summed E-state index contributed by atoms with van der Waals surface area (Å²) in [5, 5.41) is 3.93. The maximum Gasteiger partial charge on any atom is -1.00 e. The molecule has 109 valence electrons. The van der Waals surface area contributed by atoms with Crippen LogP contribution in [0.1, 0.15) is 32.8 Å². The van der Waals surface area contributed by atoms with E-state index in [1.54, 1.807) is 19.1 Å². The zero-order chi connectivity index (χ0) is 13.6. The van der Waals surface area contributed by atoms with Crippen LogP contribution in [-0.2, 0) is 25.9 Å². The van der Waals surface area contributed by atoms with Gasteiger partial charge in [-0.2, -0.15) is 0 Å². The van der Waals surface area contributed by atoms with Gasteiger partial charge in [-0.1, -0.05) is 0 Å². The molecule has 0 atom stereocenters. The zero-order valence-electron chi connectivity index (χ0n) is 12.7. The summed E-state index contributed by atoms with van der Waals surface area (Å²) in [6.45, 7) is 12.0. The average Bonchev–Trinajstić information content (AvgIpc) is 2.83. The van der Waals surface area contributed by atoms with Crippen LogP contribution in [0, 0.1) is 0 Å². The number of rotatable bonds is 2. The summed E-state index contributed by atoms with van der Waals surface area (Å²) in [6.07, 6.45) is 5.86. The van der Waals surface area contributed by atoms with Gasteiger partial charge in [-0.3, -0.25) is 0 Å². The van der Waals surface area contributed by atoms with Crippen LogP contribution in [0.2, 0.25) is 13.1 Å². The van der Waals surface area contributed by atoms with Gasteiger partial charge in [0, 0.05) is 0 Å². The van der Waals surface area contributed by atoms with Crippen molar-refractivity contribution in [2.24, 2.45) is 0 Å². The Kier molecular flexibility index (Phi) is 7.56. The maximum atomic E-state index is 2.50. The van der Waals surface area contributed by atoms with E-state index in [2.05, 4.69) is 77.9 Å². The van der Waals surface area contributed by atoms with Crippen molar-refractivity contribution in [1.82, 2.24) is 0 Å². The zero-order valence-corrected chi connectivity index (χ0v) is 17.6. The molecule has 2 rings (SSSR count). The molecule has 0 unspecified atom stereocenters. The number of hydrogen-bond donors (Lipinski definition) is 0. The molecule has 0 saturated carbocycles. The molecule has 0 fully saturated rings. The van der Waals surface area contributed by atoms with E-state index in [-0.39, 0.29) is 30.2 Å². The quantitative estimate of drug-likeness (QED) is 0.535. The van der Waals surface area contributed by atoms with E-state index in [1.807, 2.05) is 11.3 Å². The summed E-state index contributed by atoms with van der Waals surface area (Å²) in [6, 6.07) is 2.34. The summed E-state index contributed by atoms with van der Waals surface area (Å²) in [5.41, 5.74) is 1.82. The summed E-state index contributed by atoms with van der Waals surface area (Å²) in [5.74, 6) is 0. The van der Waals surface area contributed by atoms with Crippen molar-refractivity contribution in [2.45, 2.75) is 45.7 Å². The Labute approximate surface area is 152 Å². The van der Waals surface area contributed by atoms with E-state index in [9.17, 15) is 0 Å². The number of thiophene rings is 1. The Morgan fingerprint density at radius 3 is 2.25 bits per heavy atom. The third-order valence-corrected chi connectivity index (χ3v) is 10.6. The number of allylic oxidation sites excluding steroid dienone is 4. The molecular weight excluding hydrogens is 359 g/mol. The van der Waals surface area contributed by atoms with Gasteiger partial charge in [-0.05, 0) is 0 Å². The van der Waals surface area contributed by atoms with Gasteiger partial charge in [0.25, 0.3) is 0 Å². The molecule has 0 aromatic carbocycles. The summed E-state index contributed by atoms with van der Waals surface area (Å²) < 4.78 is 3.25. The molecule has 0 radical (unpaired) electrons. The first-order chi connectivity index (χ1) is 8.24. The molecule has 0 N–H and O–H groups in total. The van der Waals surface area contributed by atoms with Crippen LogP contribution in [0.5, 0.6) is 0 Å². The smallest absolute Gasteiger partial charge is 1.00 e. The van der Waals surface area contributed by atoms with Crippen molar-refractivity contribution in [3.63, 3.8) is 0 Å². The van der Waals surface area contributed by atoms with Crippen molar-refractivity contribution < 1.29 is 45.2 Å². The fraction of sp³-hybridized carbons (Fsp3) is 0.467. The Bertz CT molecular complexity index is 524. The minimum absolute atomic E-state index is 0. The molecule has 0 nitrogen and oxygen atoms in total. The monoisotopic (exact) mass is 379 g/mol. The molecular formula is C15H21Cl2SSiTi. The van der Waals surface area contributed by atoms with Crippen molar-refractivity contribution >= 4 is 23.9 Å². The first kappa shape index (κ1) is 20.7. The van der Waals surface area contributed by atoms with Gasteiger partial charge in [0.15, 0.2) is 0 Å². The van der Waals surface area contributed by atoms with E-state index >= 15 is 0 Å². The van der Waals surface area contributed by atoms with Crippen molar-refractivity contribution in [1.29, 1.82) is 0 Å². The molecule has 0 saturated heterocycles. The van der Waals surface area contributed by atoms with Crippen LogP contribution in [0.4, 0.5) is 0 Å². The van der Waals surface area contributed by atoms with Crippen LogP contribution >= 0.6 is 11.3 Å². The van der Waals surface area contributed by atoms with Gasteiger partial charge in [0.2, 0.25) is 0 Å². The fourth-order valence-electron chi connectivity index (χ4n) is 2.60. The first-order valence-electron chi connectivity index (χ1n) is 6.45. The SMILES string of the molecule is CC(C)(C)c1ccsc1[Si](C)(C)C1=[C]([Ti+2])CC=C1.[Cl-].[Cl-]. The van der Waals surface area contributed by atoms with E-state index < -0.39 is 8.07 Å². The molecule has 0 amide bonds. The van der Waals surface area contributed by atoms with Crippen LogP contribution in [0.3, 0.4) is 0 Å². The number of halogens is 2. The standard InChI is InChI=1S/C15H21SSi.2ClH.Ti/c1-15(2,3)13-10-11-16-14(13)17(4,5)12-8-6-7-9-12;;;/h6,8,10-11H,7H2,1-5H3;2*1H;/q;;;+2/p-2. The van der Waals surface area contributed by atoms with Gasteiger partial charge in [-0.15, -0.1) is 0 Å². The molecule has 1 aliphatic carbocycles. The Balaban J connectivity index is 0.00000180. The van der Waals surface area contributed by atoms with Crippen LogP contribution in [0.15, 0.2) is 32.7 Å². The maximum absolute atomic E-state index is 2.50. The van der Waals surface area contributed by atoms with Crippen molar-refractivity contribution in [3.05, 3.63) is 38.2 Å². The summed E-state index contributed by atoms with van der Waals surface area (Å²) in [4.78, 5) is 0. The van der Waals surface area contributed by atoms with Gasteiger partial charge in [0.1, 0.15) is 0 Å².